The molecule has 0 aromatic heterocycles. The van der Waals surface area contributed by atoms with Crippen molar-refractivity contribution in [3.8, 4) is 11.5 Å². The van der Waals surface area contributed by atoms with E-state index in [1.54, 1.807) is 7.11 Å². The van der Waals surface area contributed by atoms with Crippen LogP contribution in [0.25, 0.3) is 0 Å². The van der Waals surface area contributed by atoms with Gasteiger partial charge < -0.3 is 25.0 Å². The molecule has 1 amide bonds. The molecule has 1 heterocycles. The van der Waals surface area contributed by atoms with Crippen LogP contribution < -0.4 is 20.1 Å². The minimum Gasteiger partial charge on any atom is -0.497 e. The number of aliphatic imine (C=N–C) groups is 1. The zero-order chi connectivity index (χ0) is 22.6. The molecule has 1 aromatic carbocycles. The van der Waals surface area contributed by atoms with Crippen LogP contribution in [0.5, 0.6) is 11.5 Å². The number of carbonyl (C=O) groups is 1. The van der Waals surface area contributed by atoms with E-state index in [0.29, 0.717) is 18.5 Å². The fourth-order valence-corrected chi connectivity index (χ4v) is 3.80. The van der Waals surface area contributed by atoms with Gasteiger partial charge >= 0.3 is 0 Å². The maximum Gasteiger partial charge on any atom is 0.225 e. The van der Waals surface area contributed by atoms with Crippen LogP contribution in [0.2, 0.25) is 0 Å². The summed E-state index contributed by atoms with van der Waals surface area (Å²) in [4.78, 5) is 19.3. The summed E-state index contributed by atoms with van der Waals surface area (Å²) >= 11 is 0. The van der Waals surface area contributed by atoms with Crippen LogP contribution in [0.15, 0.2) is 29.3 Å². The fraction of sp³-hybridized carbons (Fsp3) is 0.667. The Bertz CT molecular complexity index is 681. The molecule has 0 aliphatic carbocycles. The van der Waals surface area contributed by atoms with E-state index in [0.717, 1.165) is 62.8 Å². The van der Waals surface area contributed by atoms with Crippen LogP contribution in [0.4, 0.5) is 0 Å². The quantitative estimate of drug-likeness (QED) is 0.438. The average molecular weight is 433 g/mol. The van der Waals surface area contributed by atoms with E-state index in [4.69, 9.17) is 14.5 Å². The molecule has 1 aliphatic rings. The molecule has 7 nitrogen and oxygen atoms in total. The molecule has 0 bridgehead atoms. The molecular formula is C24H40N4O3. The molecule has 0 radical (unpaired) electrons. The second kappa shape index (κ2) is 13.1. The predicted molar refractivity (Wildman–Crippen MR) is 126 cm³/mol. The lowest BCUT2D eigenvalue weighted by Gasteiger charge is -2.35. The SMILES string of the molecule is CCNC(=NCC(C)Oc1ccc(OC)cc1)NC1CCN(C(=O)C(CC)CC)CC1. The van der Waals surface area contributed by atoms with E-state index < -0.39 is 0 Å². The normalized spacial score (nSPS) is 16.2. The Morgan fingerprint density at radius 3 is 2.29 bits per heavy atom. The number of methoxy groups -OCH3 is 1. The maximum atomic E-state index is 12.6. The van der Waals surface area contributed by atoms with Gasteiger partial charge in [-0.2, -0.15) is 0 Å². The number of ether oxygens (including phenoxy) is 2. The van der Waals surface area contributed by atoms with Gasteiger partial charge in [-0.3, -0.25) is 4.79 Å². The second-order valence-corrected chi connectivity index (χ2v) is 8.08. The van der Waals surface area contributed by atoms with Crippen molar-refractivity contribution in [1.29, 1.82) is 0 Å². The van der Waals surface area contributed by atoms with Crippen molar-refractivity contribution in [2.24, 2.45) is 10.9 Å². The molecule has 2 rings (SSSR count). The van der Waals surface area contributed by atoms with Crippen molar-refractivity contribution in [3.63, 3.8) is 0 Å². The number of nitrogens with zero attached hydrogens (tertiary/aromatic N) is 2. The molecule has 1 fully saturated rings. The highest BCUT2D eigenvalue weighted by molar-refractivity contribution is 5.80. The van der Waals surface area contributed by atoms with Gasteiger partial charge in [0.05, 0.1) is 13.7 Å². The number of guanidine groups is 1. The molecule has 2 N–H and O–H groups in total. The highest BCUT2D eigenvalue weighted by Gasteiger charge is 2.26. The summed E-state index contributed by atoms with van der Waals surface area (Å²) in [5.41, 5.74) is 0. The molecule has 31 heavy (non-hydrogen) atoms. The number of amides is 1. The van der Waals surface area contributed by atoms with E-state index in [-0.39, 0.29) is 12.0 Å². The zero-order valence-corrected chi connectivity index (χ0v) is 19.8. The molecule has 1 aromatic rings. The molecule has 174 valence electrons. The minimum atomic E-state index is -0.0525. The number of nitrogens with one attached hydrogen (secondary N) is 2. The number of benzene rings is 1. The monoisotopic (exact) mass is 432 g/mol. The Morgan fingerprint density at radius 1 is 1.13 bits per heavy atom. The number of carbonyl (C=O) groups excluding carboxylic acids is 1. The van der Waals surface area contributed by atoms with Crippen LogP contribution >= 0.6 is 0 Å². The Kier molecular flexibility index (Phi) is 10.5. The summed E-state index contributed by atoms with van der Waals surface area (Å²) in [7, 11) is 1.65. The highest BCUT2D eigenvalue weighted by atomic mass is 16.5. The molecule has 0 saturated carbocycles. The first kappa shape index (κ1) is 24.8. The molecule has 1 saturated heterocycles. The lowest BCUT2D eigenvalue weighted by atomic mass is 9.98. The predicted octanol–water partition coefficient (Wildman–Crippen LogP) is 3.44. The van der Waals surface area contributed by atoms with Gasteiger partial charge in [0.15, 0.2) is 5.96 Å². The summed E-state index contributed by atoms with van der Waals surface area (Å²) in [5, 5.41) is 6.86. The summed E-state index contributed by atoms with van der Waals surface area (Å²) in [6.07, 6.45) is 3.66. The first-order valence-corrected chi connectivity index (χ1v) is 11.6. The largest absolute Gasteiger partial charge is 0.497 e. The van der Waals surface area contributed by atoms with Crippen molar-refractivity contribution in [1.82, 2.24) is 15.5 Å². The van der Waals surface area contributed by atoms with Gasteiger partial charge in [0.1, 0.15) is 17.6 Å². The van der Waals surface area contributed by atoms with Crippen molar-refractivity contribution in [3.05, 3.63) is 24.3 Å². The Balaban J connectivity index is 1.83. The summed E-state index contributed by atoms with van der Waals surface area (Å²) in [6.45, 7) is 11.2. The van der Waals surface area contributed by atoms with Gasteiger partial charge in [-0.15, -0.1) is 0 Å². The topological polar surface area (TPSA) is 75.2 Å². The summed E-state index contributed by atoms with van der Waals surface area (Å²) < 4.78 is 11.1. The van der Waals surface area contributed by atoms with Crippen LogP contribution in [-0.4, -0.2) is 62.2 Å². The lowest BCUT2D eigenvalue weighted by Crippen LogP contribution is -2.50. The van der Waals surface area contributed by atoms with E-state index in [2.05, 4.69) is 31.4 Å². The third-order valence-corrected chi connectivity index (χ3v) is 5.73. The van der Waals surface area contributed by atoms with Crippen molar-refractivity contribution >= 4 is 11.9 Å². The van der Waals surface area contributed by atoms with E-state index in [9.17, 15) is 4.79 Å². The van der Waals surface area contributed by atoms with E-state index in [1.165, 1.54) is 0 Å². The van der Waals surface area contributed by atoms with Crippen LogP contribution in [0, 0.1) is 5.92 Å². The summed E-state index contributed by atoms with van der Waals surface area (Å²) in [5.74, 6) is 2.89. The van der Waals surface area contributed by atoms with Gasteiger partial charge in [0.2, 0.25) is 5.91 Å². The van der Waals surface area contributed by atoms with Crippen LogP contribution in [0.3, 0.4) is 0 Å². The number of likely N-dealkylation sites (tertiary alicyclic amines) is 1. The van der Waals surface area contributed by atoms with Gasteiger partial charge in [0, 0.05) is 31.6 Å². The number of rotatable bonds is 10. The minimum absolute atomic E-state index is 0.0525. The third kappa shape index (κ3) is 7.96. The Labute approximate surface area is 187 Å². The standard InChI is InChI=1S/C24H40N4O3/c1-6-19(7-2)23(29)28-15-13-20(14-16-28)27-24(25-8-3)26-17-18(4)31-22-11-9-21(30-5)10-12-22/h9-12,18-20H,6-8,13-17H2,1-5H3,(H2,25,26,27). The molecule has 7 heteroatoms. The first-order chi connectivity index (χ1) is 15.0. The van der Waals surface area contributed by atoms with Crippen molar-refractivity contribution < 1.29 is 14.3 Å². The van der Waals surface area contributed by atoms with Crippen molar-refractivity contribution in [2.75, 3.05) is 33.3 Å². The van der Waals surface area contributed by atoms with Gasteiger partial charge in [0.25, 0.3) is 0 Å². The number of hydrogen-bond acceptors (Lipinski definition) is 4. The van der Waals surface area contributed by atoms with Crippen LogP contribution in [0.1, 0.15) is 53.4 Å². The van der Waals surface area contributed by atoms with Crippen molar-refractivity contribution in [2.45, 2.75) is 65.5 Å². The highest BCUT2D eigenvalue weighted by Crippen LogP contribution is 2.19. The molecule has 1 atom stereocenters. The first-order valence-electron chi connectivity index (χ1n) is 11.6. The smallest absolute Gasteiger partial charge is 0.225 e. The van der Waals surface area contributed by atoms with Gasteiger partial charge in [-0.05, 0) is 63.8 Å². The Hall–Kier alpha value is -2.44. The second-order valence-electron chi connectivity index (χ2n) is 8.08. The van der Waals surface area contributed by atoms with Crippen LogP contribution in [-0.2, 0) is 4.79 Å². The molecule has 0 spiro atoms. The number of hydrogen-bond donors (Lipinski definition) is 2. The van der Waals surface area contributed by atoms with E-state index >= 15 is 0 Å². The van der Waals surface area contributed by atoms with Gasteiger partial charge in [-0.25, -0.2) is 4.99 Å². The molecule has 1 aliphatic heterocycles. The van der Waals surface area contributed by atoms with Gasteiger partial charge in [-0.1, -0.05) is 13.8 Å². The third-order valence-electron chi connectivity index (χ3n) is 5.73. The molecular weight excluding hydrogens is 392 g/mol. The zero-order valence-electron chi connectivity index (χ0n) is 19.8. The maximum absolute atomic E-state index is 12.6. The fourth-order valence-electron chi connectivity index (χ4n) is 3.80. The molecule has 1 unspecified atom stereocenters. The van der Waals surface area contributed by atoms with E-state index in [1.807, 2.05) is 36.1 Å². The summed E-state index contributed by atoms with van der Waals surface area (Å²) in [6, 6.07) is 7.90. The average Bonchev–Trinajstić information content (AvgIpc) is 2.79. The Morgan fingerprint density at radius 2 is 1.74 bits per heavy atom. The lowest BCUT2D eigenvalue weighted by molar-refractivity contribution is -0.136. The number of piperidine rings is 1.